The fourth-order valence-electron chi connectivity index (χ4n) is 4.10. The Balaban J connectivity index is 1.64. The molecule has 0 aliphatic carbocycles. The maximum Gasteiger partial charge on any atom is 0.253 e. The number of benzene rings is 1. The Labute approximate surface area is 172 Å². The van der Waals surface area contributed by atoms with Crippen LogP contribution in [0.2, 0.25) is 0 Å². The van der Waals surface area contributed by atoms with Crippen molar-refractivity contribution in [2.45, 2.75) is 37.6 Å². The van der Waals surface area contributed by atoms with E-state index in [1.54, 1.807) is 31.4 Å². The number of hydrogen-bond donors (Lipinski definition) is 1. The lowest BCUT2D eigenvalue weighted by molar-refractivity contribution is -0.130. The molecule has 7 heteroatoms. The lowest BCUT2D eigenvalue weighted by Gasteiger charge is -2.43. The zero-order chi connectivity index (χ0) is 20.7. The molecule has 2 fully saturated rings. The van der Waals surface area contributed by atoms with E-state index in [2.05, 4.69) is 11.4 Å². The van der Waals surface area contributed by atoms with Crippen molar-refractivity contribution < 1.29 is 19.1 Å². The van der Waals surface area contributed by atoms with Crippen molar-refractivity contribution in [3.05, 3.63) is 35.4 Å². The van der Waals surface area contributed by atoms with E-state index in [1.807, 2.05) is 4.90 Å². The van der Waals surface area contributed by atoms with Crippen LogP contribution < -0.4 is 5.32 Å². The van der Waals surface area contributed by atoms with Crippen molar-refractivity contribution >= 4 is 11.8 Å². The quantitative estimate of drug-likeness (QED) is 0.791. The number of rotatable bonds is 6. The second kappa shape index (κ2) is 9.86. The average molecular weight is 399 g/mol. The monoisotopic (exact) mass is 399 g/mol. The first-order valence-corrected chi connectivity index (χ1v) is 10.2. The highest BCUT2D eigenvalue weighted by Gasteiger charge is 2.38. The topological polar surface area (TPSA) is 91.7 Å². The zero-order valence-corrected chi connectivity index (χ0v) is 17.0. The van der Waals surface area contributed by atoms with Crippen LogP contribution in [0.4, 0.5) is 0 Å². The summed E-state index contributed by atoms with van der Waals surface area (Å²) in [6, 6.07) is 8.86. The van der Waals surface area contributed by atoms with Gasteiger partial charge in [-0.15, -0.1) is 0 Å². The van der Waals surface area contributed by atoms with Gasteiger partial charge >= 0.3 is 0 Å². The van der Waals surface area contributed by atoms with Crippen molar-refractivity contribution in [1.82, 2.24) is 10.2 Å². The van der Waals surface area contributed by atoms with Gasteiger partial charge in [0.1, 0.15) is 0 Å². The van der Waals surface area contributed by atoms with E-state index in [4.69, 9.17) is 14.7 Å². The number of nitriles is 1. The Morgan fingerprint density at radius 1 is 1.31 bits per heavy atom. The molecule has 0 saturated carbocycles. The number of nitrogens with zero attached hydrogens (tertiary/aromatic N) is 2. The van der Waals surface area contributed by atoms with Gasteiger partial charge < -0.3 is 19.7 Å². The third-order valence-corrected chi connectivity index (χ3v) is 6.01. The SMILES string of the molecule is COCCC1(NC(=O)C2CCOCC2)CCN(C(=O)c2cccc(C#N)c2)CC1. The molecule has 2 heterocycles. The number of nitrogens with one attached hydrogen (secondary N) is 1. The molecule has 156 valence electrons. The van der Waals surface area contributed by atoms with Crippen molar-refractivity contribution in [2.24, 2.45) is 5.92 Å². The van der Waals surface area contributed by atoms with Crippen molar-refractivity contribution in [2.75, 3.05) is 40.0 Å². The maximum absolute atomic E-state index is 12.9. The number of carbonyl (C=O) groups is 2. The summed E-state index contributed by atoms with van der Waals surface area (Å²) in [6.45, 7) is 2.95. The number of ether oxygens (including phenoxy) is 2. The summed E-state index contributed by atoms with van der Waals surface area (Å²) in [5.74, 6) is 0.0145. The van der Waals surface area contributed by atoms with E-state index in [0.717, 1.165) is 19.3 Å². The van der Waals surface area contributed by atoms with Gasteiger partial charge in [-0.2, -0.15) is 5.26 Å². The number of piperidine rings is 1. The lowest BCUT2D eigenvalue weighted by atomic mass is 9.83. The minimum Gasteiger partial charge on any atom is -0.385 e. The molecule has 7 nitrogen and oxygen atoms in total. The first-order valence-electron chi connectivity index (χ1n) is 10.2. The summed E-state index contributed by atoms with van der Waals surface area (Å²) in [7, 11) is 1.66. The molecule has 2 aliphatic rings. The van der Waals surface area contributed by atoms with Crippen molar-refractivity contribution in [3.8, 4) is 6.07 Å². The van der Waals surface area contributed by atoms with Crippen LogP contribution in [0.3, 0.4) is 0 Å². The van der Waals surface area contributed by atoms with E-state index in [-0.39, 0.29) is 23.3 Å². The summed E-state index contributed by atoms with van der Waals surface area (Å²) < 4.78 is 10.6. The summed E-state index contributed by atoms with van der Waals surface area (Å²) in [5, 5.41) is 12.4. The largest absolute Gasteiger partial charge is 0.385 e. The number of carbonyl (C=O) groups excluding carboxylic acids is 2. The van der Waals surface area contributed by atoms with E-state index < -0.39 is 0 Å². The van der Waals surface area contributed by atoms with Gasteiger partial charge in [0, 0.05) is 57.0 Å². The highest BCUT2D eigenvalue weighted by molar-refractivity contribution is 5.94. The van der Waals surface area contributed by atoms with Gasteiger partial charge in [-0.05, 0) is 50.3 Å². The number of hydrogen-bond acceptors (Lipinski definition) is 5. The predicted molar refractivity (Wildman–Crippen MR) is 107 cm³/mol. The van der Waals surface area contributed by atoms with Crippen LogP contribution in [0, 0.1) is 17.2 Å². The Morgan fingerprint density at radius 2 is 2.03 bits per heavy atom. The third-order valence-electron chi connectivity index (χ3n) is 6.01. The van der Waals surface area contributed by atoms with Gasteiger partial charge in [-0.1, -0.05) is 6.07 Å². The third kappa shape index (κ3) is 5.34. The zero-order valence-electron chi connectivity index (χ0n) is 17.0. The van der Waals surface area contributed by atoms with Crippen LogP contribution in [0.25, 0.3) is 0 Å². The minimum absolute atomic E-state index is 0.00319. The molecule has 0 aromatic heterocycles. The molecule has 29 heavy (non-hydrogen) atoms. The average Bonchev–Trinajstić information content (AvgIpc) is 2.78. The van der Waals surface area contributed by atoms with Crippen molar-refractivity contribution in [3.63, 3.8) is 0 Å². The molecule has 1 aromatic carbocycles. The molecule has 0 atom stereocenters. The van der Waals surface area contributed by atoms with Gasteiger partial charge in [0.15, 0.2) is 0 Å². The summed E-state index contributed by atoms with van der Waals surface area (Å²) in [6.07, 6.45) is 3.62. The fourth-order valence-corrected chi connectivity index (χ4v) is 4.10. The maximum atomic E-state index is 12.9. The van der Waals surface area contributed by atoms with Crippen LogP contribution >= 0.6 is 0 Å². The first kappa shape index (κ1) is 21.3. The van der Waals surface area contributed by atoms with Crippen molar-refractivity contribution in [1.29, 1.82) is 5.26 Å². The summed E-state index contributed by atoms with van der Waals surface area (Å²) in [4.78, 5) is 27.5. The Morgan fingerprint density at radius 3 is 2.69 bits per heavy atom. The molecule has 3 rings (SSSR count). The highest BCUT2D eigenvalue weighted by Crippen LogP contribution is 2.28. The van der Waals surface area contributed by atoms with E-state index >= 15 is 0 Å². The normalized spacial score (nSPS) is 19.4. The Kier molecular flexibility index (Phi) is 7.24. The standard InChI is InChI=1S/C22H29N3O4/c1-28-14-9-22(24-20(26)18-5-12-29-13-6-18)7-10-25(11-8-22)21(27)19-4-2-3-17(15-19)16-23/h2-4,15,18H,5-14H2,1H3,(H,24,26). The fraction of sp³-hybridized carbons (Fsp3) is 0.591. The van der Waals surface area contributed by atoms with Crippen LogP contribution in [0.15, 0.2) is 24.3 Å². The molecule has 0 radical (unpaired) electrons. The van der Waals surface area contributed by atoms with Crippen LogP contribution in [0.1, 0.15) is 48.0 Å². The second-order valence-corrected chi connectivity index (χ2v) is 7.88. The van der Waals surface area contributed by atoms with Gasteiger partial charge in [0.2, 0.25) is 5.91 Å². The molecule has 1 N–H and O–H groups in total. The van der Waals surface area contributed by atoms with Crippen LogP contribution in [-0.2, 0) is 14.3 Å². The number of methoxy groups -OCH3 is 1. The first-order chi connectivity index (χ1) is 14.1. The number of likely N-dealkylation sites (tertiary alicyclic amines) is 1. The molecular formula is C22H29N3O4. The van der Waals surface area contributed by atoms with Gasteiger partial charge in [-0.25, -0.2) is 0 Å². The molecule has 2 amide bonds. The molecule has 2 aliphatic heterocycles. The molecule has 0 spiro atoms. The van der Waals surface area contributed by atoms with Gasteiger partial charge in [0.25, 0.3) is 5.91 Å². The molecular weight excluding hydrogens is 370 g/mol. The number of amides is 2. The van der Waals surface area contributed by atoms with E-state index in [0.29, 0.717) is 56.9 Å². The van der Waals surface area contributed by atoms with E-state index in [1.165, 1.54) is 0 Å². The lowest BCUT2D eigenvalue weighted by Crippen LogP contribution is -2.58. The molecule has 0 bridgehead atoms. The molecule has 2 saturated heterocycles. The summed E-state index contributed by atoms with van der Waals surface area (Å²) in [5.41, 5.74) is 0.655. The molecule has 0 unspecified atom stereocenters. The minimum atomic E-state index is -0.351. The smallest absolute Gasteiger partial charge is 0.253 e. The highest BCUT2D eigenvalue weighted by atomic mass is 16.5. The Bertz CT molecular complexity index is 760. The second-order valence-electron chi connectivity index (χ2n) is 7.88. The van der Waals surface area contributed by atoms with Gasteiger partial charge in [-0.3, -0.25) is 9.59 Å². The van der Waals surface area contributed by atoms with Crippen LogP contribution in [0.5, 0.6) is 0 Å². The Hall–Kier alpha value is -2.43. The van der Waals surface area contributed by atoms with E-state index in [9.17, 15) is 9.59 Å². The summed E-state index contributed by atoms with van der Waals surface area (Å²) >= 11 is 0. The van der Waals surface area contributed by atoms with Gasteiger partial charge in [0.05, 0.1) is 11.6 Å². The van der Waals surface area contributed by atoms with Crippen LogP contribution in [-0.4, -0.2) is 62.3 Å². The molecule has 1 aromatic rings. The predicted octanol–water partition coefficient (Wildman–Crippen LogP) is 2.11.